The van der Waals surface area contributed by atoms with Gasteiger partial charge in [0.05, 0.1) is 6.10 Å². The number of carbonyl (C=O) groups is 2. The number of Topliss-reactive ketones (excluding diaryl/α,β-unsaturated/α-hetero) is 1. The number of hydrogen-bond donors (Lipinski definition) is 5. The summed E-state index contributed by atoms with van der Waals surface area (Å²) in [6.07, 6.45) is -7.93. The lowest BCUT2D eigenvalue weighted by Crippen LogP contribution is -2.47. The van der Waals surface area contributed by atoms with Gasteiger partial charge in [-0.2, -0.15) is 0 Å². The lowest BCUT2D eigenvalue weighted by Gasteiger charge is -2.23. The molecule has 5 N–H and O–H groups in total. The van der Waals surface area contributed by atoms with Crippen molar-refractivity contribution < 1.29 is 35.1 Å². The zero-order valence-corrected chi connectivity index (χ0v) is 8.07. The number of aliphatic carboxylic acids is 1. The Morgan fingerprint density at radius 3 is 1.87 bits per heavy atom. The number of carbonyl (C=O) groups excluding carboxylic acids is 1. The van der Waals surface area contributed by atoms with Crippen LogP contribution in [0.3, 0.4) is 0 Å². The molecule has 0 amide bonds. The van der Waals surface area contributed by atoms with Gasteiger partial charge in [-0.15, -0.1) is 0 Å². The van der Waals surface area contributed by atoms with Crippen LogP contribution in [0.25, 0.3) is 0 Å². The van der Waals surface area contributed by atoms with E-state index in [-0.39, 0.29) is 0 Å². The molecule has 15 heavy (non-hydrogen) atoms. The fraction of sp³-hybridized carbons (Fsp3) is 0.750. The van der Waals surface area contributed by atoms with E-state index in [9.17, 15) is 9.59 Å². The Hall–Kier alpha value is -1.02. The molecule has 88 valence electrons. The van der Waals surface area contributed by atoms with Crippen molar-refractivity contribution in [3.63, 3.8) is 0 Å². The van der Waals surface area contributed by atoms with Crippen LogP contribution in [-0.2, 0) is 9.59 Å². The van der Waals surface area contributed by atoms with Crippen molar-refractivity contribution in [2.24, 2.45) is 0 Å². The second kappa shape index (κ2) is 5.76. The van der Waals surface area contributed by atoms with E-state index in [4.69, 9.17) is 25.5 Å². The van der Waals surface area contributed by atoms with Gasteiger partial charge in [-0.1, -0.05) is 0 Å². The van der Waals surface area contributed by atoms with Crippen LogP contribution in [0.4, 0.5) is 0 Å². The van der Waals surface area contributed by atoms with Gasteiger partial charge in [0.2, 0.25) is 0 Å². The molecule has 0 aromatic carbocycles. The van der Waals surface area contributed by atoms with E-state index in [2.05, 4.69) is 0 Å². The average molecular weight is 222 g/mol. The first-order chi connectivity index (χ1) is 6.77. The molecule has 0 saturated carbocycles. The van der Waals surface area contributed by atoms with Gasteiger partial charge in [0.15, 0.2) is 5.78 Å². The summed E-state index contributed by atoms with van der Waals surface area (Å²) in [5.41, 5.74) is 0. The van der Waals surface area contributed by atoms with E-state index in [1.165, 1.54) is 0 Å². The third-order valence-corrected chi connectivity index (χ3v) is 1.82. The molecular weight excluding hydrogens is 208 g/mol. The number of hydrogen-bond acceptors (Lipinski definition) is 6. The minimum atomic E-state index is -2.02. The van der Waals surface area contributed by atoms with Gasteiger partial charge in [0.1, 0.15) is 24.7 Å². The first-order valence-electron chi connectivity index (χ1n) is 4.24. The molecule has 0 aliphatic rings. The Bertz CT molecular complexity index is 237. The van der Waals surface area contributed by atoms with Gasteiger partial charge < -0.3 is 25.5 Å². The van der Waals surface area contributed by atoms with Crippen molar-refractivity contribution in [1.82, 2.24) is 0 Å². The van der Waals surface area contributed by atoms with Gasteiger partial charge in [0, 0.05) is 0 Å². The predicted octanol–water partition coefficient (Wildman–Crippen LogP) is -2.51. The van der Waals surface area contributed by atoms with Gasteiger partial charge >= 0.3 is 5.97 Å². The molecule has 7 heteroatoms. The lowest BCUT2D eigenvalue weighted by molar-refractivity contribution is -0.150. The Morgan fingerprint density at radius 1 is 1.07 bits per heavy atom. The summed E-state index contributed by atoms with van der Waals surface area (Å²) in [4.78, 5) is 21.1. The van der Waals surface area contributed by atoms with Gasteiger partial charge in [0.25, 0.3) is 0 Å². The maximum atomic E-state index is 10.9. The Balaban J connectivity index is 4.36. The maximum absolute atomic E-state index is 10.9. The number of carboxylic acids is 1. The molecule has 0 bridgehead atoms. The second-order valence-corrected chi connectivity index (χ2v) is 3.20. The highest BCUT2D eigenvalue weighted by molar-refractivity contribution is 5.97. The molecule has 0 radical (unpaired) electrons. The smallest absolute Gasteiger partial charge is 0.310 e. The highest BCUT2D eigenvalue weighted by Crippen LogP contribution is 2.07. The normalized spacial score (nSPS) is 19.0. The van der Waals surface area contributed by atoms with Crippen molar-refractivity contribution in [1.29, 1.82) is 0 Å². The zero-order chi connectivity index (χ0) is 12.2. The number of aliphatic hydroxyl groups is 4. The van der Waals surface area contributed by atoms with Crippen LogP contribution >= 0.6 is 0 Å². The molecule has 0 aliphatic carbocycles. The summed E-state index contributed by atoms with van der Waals surface area (Å²) in [5.74, 6) is -2.58. The van der Waals surface area contributed by atoms with E-state index >= 15 is 0 Å². The van der Waals surface area contributed by atoms with Crippen LogP contribution in [0.15, 0.2) is 0 Å². The van der Waals surface area contributed by atoms with Crippen molar-refractivity contribution in [3.05, 3.63) is 0 Å². The number of rotatable bonds is 6. The molecule has 0 aromatic rings. The molecule has 0 aliphatic heterocycles. The van der Waals surface area contributed by atoms with E-state index < -0.39 is 42.6 Å². The number of aliphatic hydroxyl groups excluding tert-OH is 4. The summed E-state index contributed by atoms with van der Waals surface area (Å²) >= 11 is 0. The van der Waals surface area contributed by atoms with Crippen LogP contribution in [-0.4, -0.2) is 61.7 Å². The Morgan fingerprint density at radius 2 is 1.53 bits per heavy atom. The van der Waals surface area contributed by atoms with Gasteiger partial charge in [-0.05, 0) is 6.92 Å². The fourth-order valence-electron chi connectivity index (χ4n) is 0.916. The van der Waals surface area contributed by atoms with Crippen LogP contribution in [0.5, 0.6) is 0 Å². The third kappa shape index (κ3) is 4.34. The molecule has 0 rings (SSSR count). The third-order valence-electron chi connectivity index (χ3n) is 1.82. The summed E-state index contributed by atoms with van der Waals surface area (Å²) < 4.78 is 0. The van der Waals surface area contributed by atoms with Gasteiger partial charge in [-0.25, -0.2) is 0 Å². The average Bonchev–Trinajstić information content (AvgIpc) is 2.13. The molecular formula is C8H14O7. The fourth-order valence-corrected chi connectivity index (χ4v) is 0.916. The Kier molecular flexibility index (Phi) is 5.37. The Labute approximate surface area is 85.6 Å². The van der Waals surface area contributed by atoms with Crippen molar-refractivity contribution in [3.8, 4) is 0 Å². The highest BCUT2D eigenvalue weighted by atomic mass is 16.4. The summed E-state index contributed by atoms with van der Waals surface area (Å²) in [6, 6.07) is 0. The first-order valence-corrected chi connectivity index (χ1v) is 4.24. The lowest BCUT2D eigenvalue weighted by atomic mass is 9.99. The van der Waals surface area contributed by atoms with Crippen LogP contribution in [0.2, 0.25) is 0 Å². The van der Waals surface area contributed by atoms with Crippen LogP contribution < -0.4 is 0 Å². The molecule has 4 atom stereocenters. The quantitative estimate of drug-likeness (QED) is 0.313. The standard InChI is InChI=1S/C8H14O7/c1-3(9)6(13)8(15)7(14)4(10)2-5(11)12/h3,6-9,13-15H,2H2,1H3,(H,11,12)/t3-,6-,7-,8+/m0/s1. The summed E-state index contributed by atoms with van der Waals surface area (Å²) in [5, 5.41) is 44.5. The molecule has 0 saturated heterocycles. The van der Waals surface area contributed by atoms with E-state index in [0.717, 1.165) is 6.92 Å². The summed E-state index contributed by atoms with van der Waals surface area (Å²) in [6.45, 7) is 1.16. The molecule has 0 heterocycles. The monoisotopic (exact) mass is 222 g/mol. The minimum absolute atomic E-state index is 0.954. The zero-order valence-electron chi connectivity index (χ0n) is 8.07. The number of carboxylic acid groups (broad SMARTS) is 1. The largest absolute Gasteiger partial charge is 0.481 e. The van der Waals surface area contributed by atoms with Crippen molar-refractivity contribution in [2.75, 3.05) is 0 Å². The van der Waals surface area contributed by atoms with E-state index in [1.54, 1.807) is 0 Å². The minimum Gasteiger partial charge on any atom is -0.481 e. The summed E-state index contributed by atoms with van der Waals surface area (Å²) in [7, 11) is 0. The topological polar surface area (TPSA) is 135 Å². The molecule has 0 spiro atoms. The molecule has 0 unspecified atom stereocenters. The highest BCUT2D eigenvalue weighted by Gasteiger charge is 2.33. The maximum Gasteiger partial charge on any atom is 0.310 e. The second-order valence-electron chi connectivity index (χ2n) is 3.20. The van der Waals surface area contributed by atoms with E-state index in [1.807, 2.05) is 0 Å². The molecule has 7 nitrogen and oxygen atoms in total. The molecule has 0 fully saturated rings. The van der Waals surface area contributed by atoms with Crippen molar-refractivity contribution in [2.45, 2.75) is 37.8 Å². The van der Waals surface area contributed by atoms with Crippen LogP contribution in [0.1, 0.15) is 13.3 Å². The van der Waals surface area contributed by atoms with Crippen molar-refractivity contribution >= 4 is 11.8 Å². The van der Waals surface area contributed by atoms with E-state index in [0.29, 0.717) is 0 Å². The predicted molar refractivity (Wildman–Crippen MR) is 47.0 cm³/mol. The SMILES string of the molecule is C[C@H](O)[C@H](O)[C@@H](O)[C@@H](O)C(=O)CC(=O)O. The molecule has 0 aromatic heterocycles. The first kappa shape index (κ1) is 14.0. The van der Waals surface area contributed by atoms with Crippen LogP contribution in [0, 0.1) is 0 Å². The van der Waals surface area contributed by atoms with Gasteiger partial charge in [-0.3, -0.25) is 9.59 Å². The number of ketones is 1.